The van der Waals surface area contributed by atoms with E-state index in [4.69, 9.17) is 9.47 Å². The normalized spacial score (nSPS) is 19.1. The Morgan fingerprint density at radius 1 is 0.889 bits per heavy atom. The van der Waals surface area contributed by atoms with Gasteiger partial charge in [0.2, 0.25) is 0 Å². The zero-order valence-corrected chi connectivity index (χ0v) is 25.1. The van der Waals surface area contributed by atoms with Gasteiger partial charge >= 0.3 is 5.97 Å². The van der Waals surface area contributed by atoms with E-state index in [-0.39, 0.29) is 11.6 Å². The van der Waals surface area contributed by atoms with E-state index in [9.17, 15) is 4.79 Å². The fraction of sp³-hybridized carbons (Fsp3) is 0.788. The molecule has 1 aromatic carbocycles. The molecule has 0 radical (unpaired) electrons. The molecule has 0 aromatic heterocycles. The van der Waals surface area contributed by atoms with Crippen molar-refractivity contribution in [3.8, 4) is 11.5 Å². The molecule has 0 spiro atoms. The molecule has 0 fully saturated rings. The van der Waals surface area contributed by atoms with Gasteiger partial charge in [-0.15, -0.1) is 0 Å². The van der Waals surface area contributed by atoms with Gasteiger partial charge in [0.15, 0.2) is 0 Å². The molecule has 1 aromatic rings. The molecule has 2 rings (SSSR count). The molecule has 3 atom stereocenters. The van der Waals surface area contributed by atoms with E-state index in [2.05, 4.69) is 55.4 Å². The first kappa shape index (κ1) is 30.7. The third kappa shape index (κ3) is 9.10. The fourth-order valence-electron chi connectivity index (χ4n) is 5.78. The number of carbonyl (C=O) groups excluding carboxylic acids is 1. The highest BCUT2D eigenvalue weighted by Gasteiger charge is 2.34. The van der Waals surface area contributed by atoms with Crippen LogP contribution in [0.1, 0.15) is 141 Å². The van der Waals surface area contributed by atoms with E-state index >= 15 is 0 Å². The molecule has 0 saturated heterocycles. The predicted octanol–water partition coefficient (Wildman–Crippen LogP) is 9.84. The monoisotopic (exact) mass is 500 g/mol. The summed E-state index contributed by atoms with van der Waals surface area (Å²) in [7, 11) is 0. The second-order valence-electron chi connectivity index (χ2n) is 12.6. The summed E-state index contributed by atoms with van der Waals surface area (Å²) in [5, 5.41) is 0. The van der Waals surface area contributed by atoms with E-state index in [0.29, 0.717) is 6.42 Å². The van der Waals surface area contributed by atoms with Crippen LogP contribution < -0.4 is 9.47 Å². The van der Waals surface area contributed by atoms with Gasteiger partial charge in [-0.05, 0) is 94.2 Å². The van der Waals surface area contributed by atoms with Crippen LogP contribution in [-0.4, -0.2) is 11.6 Å². The second-order valence-corrected chi connectivity index (χ2v) is 12.6. The predicted molar refractivity (Wildman–Crippen MR) is 153 cm³/mol. The van der Waals surface area contributed by atoms with Crippen molar-refractivity contribution in [2.45, 2.75) is 151 Å². The molecule has 0 aliphatic carbocycles. The maximum Gasteiger partial charge on any atom is 0.311 e. The van der Waals surface area contributed by atoms with Crippen LogP contribution >= 0.6 is 0 Å². The largest absolute Gasteiger partial charge is 0.487 e. The number of ether oxygens (including phenoxy) is 2. The van der Waals surface area contributed by atoms with E-state index in [1.54, 1.807) is 0 Å². The van der Waals surface area contributed by atoms with Crippen LogP contribution in [0.3, 0.4) is 0 Å². The molecule has 0 saturated carbocycles. The molecule has 3 heteroatoms. The molecule has 1 aliphatic heterocycles. The average molecular weight is 501 g/mol. The van der Waals surface area contributed by atoms with Gasteiger partial charge in [-0.25, -0.2) is 0 Å². The summed E-state index contributed by atoms with van der Waals surface area (Å²) in [6, 6.07) is 0. The summed E-state index contributed by atoms with van der Waals surface area (Å²) in [4.78, 5) is 12.2. The van der Waals surface area contributed by atoms with E-state index in [1.165, 1.54) is 56.9 Å². The van der Waals surface area contributed by atoms with Crippen molar-refractivity contribution in [1.82, 2.24) is 0 Å². The van der Waals surface area contributed by atoms with Gasteiger partial charge in [0.25, 0.3) is 0 Å². The summed E-state index contributed by atoms with van der Waals surface area (Å²) in [6.45, 7) is 20.1. The van der Waals surface area contributed by atoms with Gasteiger partial charge in [-0.2, -0.15) is 0 Å². The third-order valence-electron chi connectivity index (χ3n) is 8.51. The Balaban J connectivity index is 1.85. The standard InChI is InChI=1S/C33H56O3/c1-10-14-30(34)35-31-26(6)27(7)32-29(28(31)8)20-22-33(9,36-32)21-13-19-25(5)18-12-17-24(4)16-11-15-23(2)3/h23-25H,10-22H2,1-9H3/t24-,25-,33-/m0/s1. The van der Waals surface area contributed by atoms with Crippen LogP contribution in [0.5, 0.6) is 11.5 Å². The number of rotatable bonds is 15. The molecule has 0 unspecified atom stereocenters. The van der Waals surface area contributed by atoms with Gasteiger partial charge in [-0.3, -0.25) is 4.79 Å². The van der Waals surface area contributed by atoms with Crippen molar-refractivity contribution in [3.63, 3.8) is 0 Å². The molecule has 0 N–H and O–H groups in total. The Hall–Kier alpha value is -1.51. The van der Waals surface area contributed by atoms with Crippen molar-refractivity contribution in [1.29, 1.82) is 0 Å². The van der Waals surface area contributed by atoms with Crippen LogP contribution in [0.4, 0.5) is 0 Å². The lowest BCUT2D eigenvalue weighted by Gasteiger charge is -2.38. The third-order valence-corrected chi connectivity index (χ3v) is 8.51. The molecule has 0 bridgehead atoms. The molecule has 1 heterocycles. The first-order chi connectivity index (χ1) is 17.0. The summed E-state index contributed by atoms with van der Waals surface area (Å²) in [6.07, 6.45) is 15.1. The van der Waals surface area contributed by atoms with Crippen LogP contribution in [0.2, 0.25) is 0 Å². The number of carbonyl (C=O) groups is 1. The fourth-order valence-corrected chi connectivity index (χ4v) is 5.78. The van der Waals surface area contributed by atoms with Gasteiger partial charge in [0.1, 0.15) is 17.1 Å². The number of benzene rings is 1. The highest BCUT2D eigenvalue weighted by atomic mass is 16.5. The quantitative estimate of drug-likeness (QED) is 0.177. The Morgan fingerprint density at radius 2 is 1.47 bits per heavy atom. The lowest BCUT2D eigenvalue weighted by molar-refractivity contribution is -0.134. The lowest BCUT2D eigenvalue weighted by atomic mass is 9.83. The number of hydrogen-bond acceptors (Lipinski definition) is 3. The summed E-state index contributed by atoms with van der Waals surface area (Å²) in [5.74, 6) is 4.15. The van der Waals surface area contributed by atoms with Crippen molar-refractivity contribution in [2.75, 3.05) is 0 Å². The summed E-state index contributed by atoms with van der Waals surface area (Å²) >= 11 is 0. The Kier molecular flexibility index (Phi) is 12.3. The maximum atomic E-state index is 12.2. The summed E-state index contributed by atoms with van der Waals surface area (Å²) < 4.78 is 12.5. The minimum atomic E-state index is -0.140. The molecular weight excluding hydrogens is 444 g/mol. The number of fused-ring (bicyclic) bond motifs is 1. The average Bonchev–Trinajstić information content (AvgIpc) is 2.80. The van der Waals surface area contributed by atoms with Crippen LogP contribution in [0.25, 0.3) is 0 Å². The highest BCUT2D eigenvalue weighted by Crippen LogP contribution is 2.45. The van der Waals surface area contributed by atoms with Gasteiger partial charge in [0.05, 0.1) is 0 Å². The molecule has 0 amide bonds. The van der Waals surface area contributed by atoms with E-state index < -0.39 is 0 Å². The van der Waals surface area contributed by atoms with Crippen molar-refractivity contribution in [3.05, 3.63) is 22.3 Å². The maximum absolute atomic E-state index is 12.2. The molecule has 3 nitrogen and oxygen atoms in total. The molecule has 1 aliphatic rings. The molecule has 36 heavy (non-hydrogen) atoms. The minimum absolute atomic E-state index is 0.109. The van der Waals surface area contributed by atoms with Crippen LogP contribution in [0.15, 0.2) is 0 Å². The zero-order valence-electron chi connectivity index (χ0n) is 25.1. The number of hydrogen-bond donors (Lipinski definition) is 0. The van der Waals surface area contributed by atoms with Crippen LogP contribution in [0, 0.1) is 38.5 Å². The van der Waals surface area contributed by atoms with Gasteiger partial charge in [-0.1, -0.05) is 79.6 Å². The smallest absolute Gasteiger partial charge is 0.311 e. The first-order valence-corrected chi connectivity index (χ1v) is 15.0. The molecular formula is C33H56O3. The van der Waals surface area contributed by atoms with Crippen molar-refractivity contribution >= 4 is 5.97 Å². The lowest BCUT2D eigenvalue weighted by Crippen LogP contribution is -2.37. The Bertz CT molecular complexity index is 840. The van der Waals surface area contributed by atoms with Gasteiger partial charge in [0, 0.05) is 12.0 Å². The van der Waals surface area contributed by atoms with Crippen molar-refractivity contribution < 1.29 is 14.3 Å². The Labute approximate surface area is 223 Å². The highest BCUT2D eigenvalue weighted by molar-refractivity contribution is 5.74. The minimum Gasteiger partial charge on any atom is -0.487 e. The van der Waals surface area contributed by atoms with Crippen molar-refractivity contribution in [2.24, 2.45) is 17.8 Å². The van der Waals surface area contributed by atoms with Gasteiger partial charge < -0.3 is 9.47 Å². The van der Waals surface area contributed by atoms with E-state index in [0.717, 1.165) is 71.6 Å². The SMILES string of the molecule is CCCC(=O)Oc1c(C)c(C)c2c(c1C)CC[C@](C)(CCC[C@@H](C)CCC[C@@H](C)CCCC(C)C)O2. The first-order valence-electron chi connectivity index (χ1n) is 15.0. The van der Waals surface area contributed by atoms with Crippen LogP contribution in [-0.2, 0) is 11.2 Å². The number of esters is 1. The second kappa shape index (κ2) is 14.4. The molecule has 206 valence electrons. The Morgan fingerprint density at radius 3 is 2.06 bits per heavy atom. The summed E-state index contributed by atoms with van der Waals surface area (Å²) in [5.41, 5.74) is 4.35. The van der Waals surface area contributed by atoms with E-state index in [1.807, 2.05) is 6.92 Å². The zero-order chi connectivity index (χ0) is 26.9. The topological polar surface area (TPSA) is 35.5 Å².